The molecule has 0 spiro atoms. The van der Waals surface area contributed by atoms with Gasteiger partial charge in [0.15, 0.2) is 24.1 Å². The van der Waals surface area contributed by atoms with Crippen molar-refractivity contribution >= 4 is 0 Å². The van der Waals surface area contributed by atoms with E-state index in [4.69, 9.17) is 23.7 Å². The summed E-state index contributed by atoms with van der Waals surface area (Å²) in [5.74, 6) is 1.10. The zero-order valence-electron chi connectivity index (χ0n) is 12.8. The number of benzene rings is 1. The van der Waals surface area contributed by atoms with E-state index in [0.717, 1.165) is 0 Å². The van der Waals surface area contributed by atoms with Gasteiger partial charge < -0.3 is 39.0 Å². The summed E-state index contributed by atoms with van der Waals surface area (Å²) in [4.78, 5) is 0. The molecule has 8 heteroatoms. The Hall–Kier alpha value is -1.42. The molecule has 6 atom stereocenters. The maximum Gasteiger partial charge on any atom is 0.184 e. The van der Waals surface area contributed by atoms with Gasteiger partial charge in [-0.2, -0.15) is 0 Å². The standard InChI is InChI=1S/C15H20O8/c1-19-8-4-3-7(5-9(8)20-2)15-21-6-10-13(23-15)11(16)12(17)14(18)22-10/h3-5,10-18H,6H2,1-2H3/t10-,11-,12-,13-,14?,15?/m1/s1. The highest BCUT2D eigenvalue weighted by atomic mass is 16.7. The van der Waals surface area contributed by atoms with Gasteiger partial charge in [0.2, 0.25) is 0 Å². The number of aliphatic hydroxyl groups excluding tert-OH is 3. The van der Waals surface area contributed by atoms with E-state index in [-0.39, 0.29) is 6.61 Å². The smallest absolute Gasteiger partial charge is 0.184 e. The van der Waals surface area contributed by atoms with E-state index < -0.39 is 37.0 Å². The van der Waals surface area contributed by atoms with E-state index in [1.54, 1.807) is 18.2 Å². The van der Waals surface area contributed by atoms with Crippen LogP contribution in [-0.4, -0.2) is 66.9 Å². The van der Waals surface area contributed by atoms with Gasteiger partial charge in [0, 0.05) is 5.56 Å². The highest BCUT2D eigenvalue weighted by molar-refractivity contribution is 5.43. The van der Waals surface area contributed by atoms with Gasteiger partial charge in [-0.3, -0.25) is 0 Å². The van der Waals surface area contributed by atoms with E-state index >= 15 is 0 Å². The van der Waals surface area contributed by atoms with Gasteiger partial charge in [0.25, 0.3) is 0 Å². The summed E-state index contributed by atoms with van der Waals surface area (Å²) in [5, 5.41) is 29.3. The van der Waals surface area contributed by atoms with Crippen LogP contribution in [-0.2, 0) is 14.2 Å². The fourth-order valence-electron chi connectivity index (χ4n) is 2.76. The molecule has 2 saturated heterocycles. The molecule has 23 heavy (non-hydrogen) atoms. The fraction of sp³-hybridized carbons (Fsp3) is 0.600. The second kappa shape index (κ2) is 6.60. The van der Waals surface area contributed by atoms with Gasteiger partial charge in [0.05, 0.1) is 20.8 Å². The Bertz CT molecular complexity index is 548. The summed E-state index contributed by atoms with van der Waals surface area (Å²) in [5.41, 5.74) is 0.675. The Morgan fingerprint density at radius 2 is 1.74 bits per heavy atom. The van der Waals surface area contributed by atoms with E-state index in [0.29, 0.717) is 17.1 Å². The normalized spacial score (nSPS) is 37.1. The van der Waals surface area contributed by atoms with E-state index in [2.05, 4.69) is 0 Å². The number of fused-ring (bicyclic) bond motifs is 1. The molecule has 2 unspecified atom stereocenters. The molecule has 1 aromatic rings. The minimum Gasteiger partial charge on any atom is -0.493 e. The summed E-state index contributed by atoms with van der Waals surface area (Å²) < 4.78 is 26.9. The highest BCUT2D eigenvalue weighted by Gasteiger charge is 2.48. The highest BCUT2D eigenvalue weighted by Crippen LogP contribution is 2.36. The zero-order valence-corrected chi connectivity index (χ0v) is 12.8. The molecule has 2 aliphatic heterocycles. The van der Waals surface area contributed by atoms with E-state index in [1.807, 2.05) is 0 Å². The van der Waals surface area contributed by atoms with E-state index in [9.17, 15) is 15.3 Å². The lowest BCUT2D eigenvalue weighted by Gasteiger charge is -2.45. The summed E-state index contributed by atoms with van der Waals surface area (Å²) in [7, 11) is 3.06. The molecule has 0 bridgehead atoms. The van der Waals surface area contributed by atoms with Crippen LogP contribution in [0.5, 0.6) is 11.5 Å². The van der Waals surface area contributed by atoms with Crippen molar-refractivity contribution in [2.75, 3.05) is 20.8 Å². The number of hydrogen-bond donors (Lipinski definition) is 3. The number of ether oxygens (including phenoxy) is 5. The van der Waals surface area contributed by atoms with Crippen molar-refractivity contribution in [3.05, 3.63) is 23.8 Å². The van der Waals surface area contributed by atoms with Crippen molar-refractivity contribution < 1.29 is 39.0 Å². The zero-order chi connectivity index (χ0) is 16.6. The molecule has 0 amide bonds. The third-order valence-electron chi connectivity index (χ3n) is 4.03. The van der Waals surface area contributed by atoms with Crippen LogP contribution in [0.4, 0.5) is 0 Å². The van der Waals surface area contributed by atoms with Crippen molar-refractivity contribution in [3.63, 3.8) is 0 Å². The molecular weight excluding hydrogens is 308 g/mol. The molecule has 128 valence electrons. The molecule has 2 aliphatic rings. The third kappa shape index (κ3) is 3.01. The van der Waals surface area contributed by atoms with Gasteiger partial charge in [-0.05, 0) is 12.1 Å². The first kappa shape index (κ1) is 16.4. The maximum absolute atomic E-state index is 10.1. The van der Waals surface area contributed by atoms with Crippen molar-refractivity contribution in [2.45, 2.75) is 37.0 Å². The third-order valence-corrected chi connectivity index (χ3v) is 4.03. The van der Waals surface area contributed by atoms with Crippen LogP contribution in [0.15, 0.2) is 18.2 Å². The number of rotatable bonds is 3. The molecule has 0 aromatic heterocycles. The Balaban J connectivity index is 1.78. The van der Waals surface area contributed by atoms with Gasteiger partial charge in [0.1, 0.15) is 24.4 Å². The predicted molar refractivity (Wildman–Crippen MR) is 76.0 cm³/mol. The van der Waals surface area contributed by atoms with Gasteiger partial charge in [-0.25, -0.2) is 0 Å². The topological polar surface area (TPSA) is 107 Å². The molecule has 0 radical (unpaired) electrons. The van der Waals surface area contributed by atoms with Crippen LogP contribution in [0.3, 0.4) is 0 Å². The summed E-state index contributed by atoms with van der Waals surface area (Å²) >= 11 is 0. The van der Waals surface area contributed by atoms with Crippen LogP contribution in [0.1, 0.15) is 11.9 Å². The second-order valence-corrected chi connectivity index (χ2v) is 5.43. The van der Waals surface area contributed by atoms with E-state index in [1.165, 1.54) is 14.2 Å². The van der Waals surface area contributed by atoms with Crippen LogP contribution >= 0.6 is 0 Å². The maximum atomic E-state index is 10.1. The lowest BCUT2D eigenvalue weighted by atomic mass is 9.98. The second-order valence-electron chi connectivity index (χ2n) is 5.43. The van der Waals surface area contributed by atoms with Crippen molar-refractivity contribution in [3.8, 4) is 11.5 Å². The first-order valence-electron chi connectivity index (χ1n) is 7.23. The quantitative estimate of drug-likeness (QED) is 0.685. The molecule has 0 aliphatic carbocycles. The number of methoxy groups -OCH3 is 2. The molecule has 2 fully saturated rings. The molecular formula is C15H20O8. The minimum atomic E-state index is -1.46. The largest absolute Gasteiger partial charge is 0.493 e. The fourth-order valence-corrected chi connectivity index (χ4v) is 2.76. The number of aliphatic hydroxyl groups is 3. The van der Waals surface area contributed by atoms with Crippen LogP contribution < -0.4 is 9.47 Å². The van der Waals surface area contributed by atoms with Crippen LogP contribution in [0.25, 0.3) is 0 Å². The minimum absolute atomic E-state index is 0.116. The summed E-state index contributed by atoms with van der Waals surface area (Å²) in [6.07, 6.45) is -6.37. The SMILES string of the molecule is COc1ccc(C2OC[C@H]3OC(O)[C@H](O)[C@@H](O)[C@@H]3O2)cc1OC. The lowest BCUT2D eigenvalue weighted by Crippen LogP contribution is -2.61. The molecule has 0 saturated carbocycles. The molecule has 1 aromatic carbocycles. The Morgan fingerprint density at radius 1 is 1.00 bits per heavy atom. The van der Waals surface area contributed by atoms with Crippen molar-refractivity contribution in [1.29, 1.82) is 0 Å². The van der Waals surface area contributed by atoms with Gasteiger partial charge >= 0.3 is 0 Å². The molecule has 2 heterocycles. The molecule has 3 N–H and O–H groups in total. The average Bonchev–Trinajstić information content (AvgIpc) is 2.59. The first-order chi connectivity index (χ1) is 11.0. The monoisotopic (exact) mass is 328 g/mol. The Kier molecular flexibility index (Phi) is 4.72. The first-order valence-corrected chi connectivity index (χ1v) is 7.23. The Morgan fingerprint density at radius 3 is 2.43 bits per heavy atom. The molecule has 8 nitrogen and oxygen atoms in total. The summed E-state index contributed by atoms with van der Waals surface area (Å²) in [6, 6.07) is 5.19. The van der Waals surface area contributed by atoms with Gasteiger partial charge in [-0.15, -0.1) is 0 Å². The average molecular weight is 328 g/mol. The van der Waals surface area contributed by atoms with Crippen molar-refractivity contribution in [2.24, 2.45) is 0 Å². The summed E-state index contributed by atoms with van der Waals surface area (Å²) in [6.45, 7) is 0.116. The Labute approximate surface area is 133 Å². The molecule has 3 rings (SSSR count). The lowest BCUT2D eigenvalue weighted by molar-refractivity contribution is -0.354. The van der Waals surface area contributed by atoms with Crippen molar-refractivity contribution in [1.82, 2.24) is 0 Å². The van der Waals surface area contributed by atoms with Crippen LogP contribution in [0.2, 0.25) is 0 Å². The number of hydrogen-bond acceptors (Lipinski definition) is 8. The van der Waals surface area contributed by atoms with Crippen LogP contribution in [0, 0.1) is 0 Å². The van der Waals surface area contributed by atoms with Gasteiger partial charge in [-0.1, -0.05) is 6.07 Å². The predicted octanol–water partition coefficient (Wildman–Crippen LogP) is -0.443.